The minimum absolute atomic E-state index is 0.110. The Labute approximate surface area is 127 Å². The molecular formula is C14H17N5OS. The van der Waals surface area contributed by atoms with E-state index in [-0.39, 0.29) is 6.10 Å². The third-order valence-electron chi connectivity index (χ3n) is 3.08. The van der Waals surface area contributed by atoms with Crippen LogP contribution in [0.2, 0.25) is 0 Å². The minimum atomic E-state index is 0.110. The zero-order valence-electron chi connectivity index (χ0n) is 12.2. The molecule has 0 radical (unpaired) electrons. The van der Waals surface area contributed by atoms with Gasteiger partial charge in [0.05, 0.1) is 18.2 Å². The highest BCUT2D eigenvalue weighted by molar-refractivity contribution is 7.71. The van der Waals surface area contributed by atoms with Crippen LogP contribution in [0.5, 0.6) is 5.75 Å². The van der Waals surface area contributed by atoms with Crippen molar-refractivity contribution in [2.75, 3.05) is 0 Å². The van der Waals surface area contributed by atoms with Crippen LogP contribution in [0.1, 0.15) is 19.7 Å². The van der Waals surface area contributed by atoms with Gasteiger partial charge in [-0.2, -0.15) is 5.10 Å². The third-order valence-corrected chi connectivity index (χ3v) is 3.40. The van der Waals surface area contributed by atoms with E-state index in [4.69, 9.17) is 17.0 Å². The maximum Gasteiger partial charge on any atom is 0.178 e. The van der Waals surface area contributed by atoms with Crippen LogP contribution in [-0.4, -0.2) is 30.4 Å². The Morgan fingerprint density at radius 1 is 1.38 bits per heavy atom. The first-order valence-electron chi connectivity index (χ1n) is 6.77. The first-order valence-corrected chi connectivity index (χ1v) is 7.18. The molecule has 0 unspecified atom stereocenters. The minimum Gasteiger partial charge on any atom is -0.489 e. The summed E-state index contributed by atoms with van der Waals surface area (Å²) in [7, 11) is 1.85. The molecule has 0 fully saturated rings. The summed E-state index contributed by atoms with van der Waals surface area (Å²) in [4.78, 5) is 7.47. The van der Waals surface area contributed by atoms with Crippen molar-refractivity contribution >= 4 is 23.3 Å². The maximum atomic E-state index is 5.82. The lowest BCUT2D eigenvalue weighted by molar-refractivity contribution is 0.245. The Morgan fingerprint density at radius 2 is 2.19 bits per heavy atom. The summed E-state index contributed by atoms with van der Waals surface area (Å²) in [6.45, 7) is 4.54. The molecule has 110 valence electrons. The number of fused-ring (bicyclic) bond motifs is 1. The highest BCUT2D eigenvalue weighted by atomic mass is 32.1. The molecule has 21 heavy (non-hydrogen) atoms. The average Bonchev–Trinajstić information content (AvgIpc) is 2.96. The number of rotatable bonds is 4. The summed E-state index contributed by atoms with van der Waals surface area (Å²) in [5.41, 5.74) is 1.90. The van der Waals surface area contributed by atoms with E-state index < -0.39 is 0 Å². The molecule has 6 nitrogen and oxygen atoms in total. The molecule has 7 heteroatoms. The Kier molecular flexibility index (Phi) is 3.50. The number of aryl methyl sites for hydroxylation is 1. The van der Waals surface area contributed by atoms with Crippen LogP contribution >= 0.6 is 12.2 Å². The van der Waals surface area contributed by atoms with Crippen LogP contribution in [0.3, 0.4) is 0 Å². The second-order valence-electron chi connectivity index (χ2n) is 5.17. The molecule has 2 heterocycles. The number of imidazole rings is 1. The number of para-hydroxylation sites is 1. The summed E-state index contributed by atoms with van der Waals surface area (Å²) < 4.78 is 10.1. The standard InChI is InChI=1S/C14H17N5OS/c1-9(2)20-11-6-4-5-10-13(11)16-14(21)19(10)7-12-15-8-18(3)17-12/h4-6,8-9H,7H2,1-3H3,(H,16,21). The fourth-order valence-electron chi connectivity index (χ4n) is 2.26. The molecule has 0 aliphatic rings. The molecule has 0 amide bonds. The Bertz CT molecular complexity index is 829. The van der Waals surface area contributed by atoms with Gasteiger partial charge in [0, 0.05) is 7.05 Å². The molecule has 1 aromatic carbocycles. The summed E-state index contributed by atoms with van der Waals surface area (Å²) >= 11 is 5.42. The largest absolute Gasteiger partial charge is 0.489 e. The first kappa shape index (κ1) is 13.8. The van der Waals surface area contributed by atoms with Crippen molar-refractivity contribution in [3.05, 3.63) is 35.1 Å². The van der Waals surface area contributed by atoms with E-state index in [1.165, 1.54) is 0 Å². The summed E-state index contributed by atoms with van der Waals surface area (Å²) in [5, 5.41) is 4.30. The molecule has 0 spiro atoms. The van der Waals surface area contributed by atoms with Gasteiger partial charge in [0.2, 0.25) is 0 Å². The molecule has 0 saturated carbocycles. The molecule has 0 saturated heterocycles. The number of hydrogen-bond acceptors (Lipinski definition) is 4. The van der Waals surface area contributed by atoms with Crippen molar-refractivity contribution in [2.45, 2.75) is 26.5 Å². The lowest BCUT2D eigenvalue weighted by atomic mass is 10.3. The van der Waals surface area contributed by atoms with E-state index in [0.717, 1.165) is 22.6 Å². The van der Waals surface area contributed by atoms with E-state index in [1.54, 1.807) is 11.0 Å². The van der Waals surface area contributed by atoms with Crippen molar-refractivity contribution in [2.24, 2.45) is 7.05 Å². The van der Waals surface area contributed by atoms with Crippen LogP contribution in [-0.2, 0) is 13.6 Å². The molecule has 3 rings (SSSR count). The lowest BCUT2D eigenvalue weighted by Crippen LogP contribution is -2.06. The SMILES string of the molecule is CC(C)Oc1cccc2c1[nH]c(=S)n2Cc1ncn(C)n1. The van der Waals surface area contributed by atoms with Gasteiger partial charge in [-0.3, -0.25) is 4.68 Å². The van der Waals surface area contributed by atoms with Gasteiger partial charge in [-0.05, 0) is 38.2 Å². The van der Waals surface area contributed by atoms with Crippen LogP contribution < -0.4 is 4.74 Å². The second-order valence-corrected chi connectivity index (χ2v) is 5.55. The normalized spacial score (nSPS) is 11.4. The lowest BCUT2D eigenvalue weighted by Gasteiger charge is -2.10. The van der Waals surface area contributed by atoms with Gasteiger partial charge < -0.3 is 14.3 Å². The number of hydrogen-bond donors (Lipinski definition) is 1. The van der Waals surface area contributed by atoms with E-state index in [2.05, 4.69) is 15.1 Å². The molecule has 2 aromatic heterocycles. The Hall–Kier alpha value is -2.15. The highest BCUT2D eigenvalue weighted by Crippen LogP contribution is 2.26. The fraction of sp³-hybridized carbons (Fsp3) is 0.357. The van der Waals surface area contributed by atoms with Crippen LogP contribution in [0.25, 0.3) is 11.0 Å². The Morgan fingerprint density at radius 3 is 2.86 bits per heavy atom. The van der Waals surface area contributed by atoms with Gasteiger partial charge in [0.15, 0.2) is 10.6 Å². The number of benzene rings is 1. The smallest absolute Gasteiger partial charge is 0.178 e. The average molecular weight is 303 g/mol. The van der Waals surface area contributed by atoms with Gasteiger partial charge in [-0.25, -0.2) is 4.98 Å². The zero-order chi connectivity index (χ0) is 15.0. The van der Waals surface area contributed by atoms with E-state index in [1.807, 2.05) is 43.7 Å². The van der Waals surface area contributed by atoms with Crippen LogP contribution in [0.4, 0.5) is 0 Å². The van der Waals surface area contributed by atoms with Crippen molar-refractivity contribution in [3.8, 4) is 5.75 Å². The molecule has 0 aliphatic heterocycles. The van der Waals surface area contributed by atoms with E-state index in [9.17, 15) is 0 Å². The van der Waals surface area contributed by atoms with Crippen LogP contribution in [0, 0.1) is 4.77 Å². The summed E-state index contributed by atoms with van der Waals surface area (Å²) in [6.07, 6.45) is 1.79. The van der Waals surface area contributed by atoms with Crippen molar-refractivity contribution in [1.29, 1.82) is 0 Å². The zero-order valence-corrected chi connectivity index (χ0v) is 13.0. The molecule has 0 bridgehead atoms. The molecule has 0 aliphatic carbocycles. The first-order chi connectivity index (χ1) is 10.0. The second kappa shape index (κ2) is 5.33. The number of H-pyrrole nitrogens is 1. The molecule has 3 aromatic rings. The molecular weight excluding hydrogens is 286 g/mol. The summed E-state index contributed by atoms with van der Waals surface area (Å²) in [5.74, 6) is 1.53. The van der Waals surface area contributed by atoms with Gasteiger partial charge in [-0.15, -0.1) is 0 Å². The quantitative estimate of drug-likeness (QED) is 0.753. The number of aromatic amines is 1. The number of nitrogens with one attached hydrogen (secondary N) is 1. The predicted octanol–water partition coefficient (Wildman–Crippen LogP) is 2.66. The summed E-state index contributed by atoms with van der Waals surface area (Å²) in [6, 6.07) is 5.92. The monoisotopic (exact) mass is 303 g/mol. The van der Waals surface area contributed by atoms with Crippen molar-refractivity contribution < 1.29 is 4.74 Å². The predicted molar refractivity (Wildman–Crippen MR) is 83.0 cm³/mol. The topological polar surface area (TPSA) is 60.7 Å². The van der Waals surface area contributed by atoms with Crippen molar-refractivity contribution in [1.82, 2.24) is 24.3 Å². The van der Waals surface area contributed by atoms with Crippen LogP contribution in [0.15, 0.2) is 24.5 Å². The maximum absolute atomic E-state index is 5.82. The van der Waals surface area contributed by atoms with Gasteiger partial charge in [0.25, 0.3) is 0 Å². The molecule has 0 atom stereocenters. The van der Waals surface area contributed by atoms with Crippen molar-refractivity contribution in [3.63, 3.8) is 0 Å². The number of aromatic nitrogens is 5. The van der Waals surface area contributed by atoms with Gasteiger partial charge >= 0.3 is 0 Å². The third kappa shape index (κ3) is 2.69. The van der Waals surface area contributed by atoms with Gasteiger partial charge in [-0.1, -0.05) is 6.07 Å². The van der Waals surface area contributed by atoms with E-state index in [0.29, 0.717) is 11.3 Å². The molecule has 1 N–H and O–H groups in total. The number of ether oxygens (including phenoxy) is 1. The van der Waals surface area contributed by atoms with Gasteiger partial charge in [0.1, 0.15) is 17.6 Å². The highest BCUT2D eigenvalue weighted by Gasteiger charge is 2.12. The number of nitrogens with zero attached hydrogens (tertiary/aromatic N) is 4. The fourth-order valence-corrected chi connectivity index (χ4v) is 2.53. The van der Waals surface area contributed by atoms with E-state index >= 15 is 0 Å². The Balaban J connectivity index is 2.07.